The smallest absolute Gasteiger partial charge is 0.362 e. The maximum Gasteiger partial charge on any atom is 0.362 e. The normalized spacial score (nSPS) is 10.5. The maximum atomic E-state index is 13.5. The number of nitrogens with two attached hydrogens (primary N) is 1. The van der Waals surface area contributed by atoms with Crippen molar-refractivity contribution in [1.29, 1.82) is 0 Å². The van der Waals surface area contributed by atoms with Gasteiger partial charge in [-0.3, -0.25) is 0 Å². The second kappa shape index (κ2) is 5.05. The van der Waals surface area contributed by atoms with E-state index in [-0.39, 0.29) is 29.6 Å². The third kappa shape index (κ3) is 2.40. The van der Waals surface area contributed by atoms with Crippen molar-refractivity contribution in [3.8, 4) is 11.5 Å². The number of hydrogen-bond donors (Lipinski definition) is 1. The fourth-order valence-corrected chi connectivity index (χ4v) is 1.46. The summed E-state index contributed by atoms with van der Waals surface area (Å²) < 4.78 is 36.3. The predicted octanol–water partition coefficient (Wildman–Crippen LogP) is 2.38. The number of oxazole rings is 1. The van der Waals surface area contributed by atoms with E-state index in [2.05, 4.69) is 4.98 Å². The highest BCUT2D eigenvalue weighted by molar-refractivity contribution is 5.92. The standard InChI is InChI=1S/C12H10F2N2O3/c1-2-18-12(17)9-10(15)19-11(16-9)6-4-3-5-7(13)8(6)14/h3-5H,2,15H2,1H3. The summed E-state index contributed by atoms with van der Waals surface area (Å²) >= 11 is 0. The number of nitrogens with zero attached hydrogens (tertiary/aromatic N) is 1. The quantitative estimate of drug-likeness (QED) is 0.864. The van der Waals surface area contributed by atoms with E-state index in [9.17, 15) is 13.6 Å². The molecule has 0 aliphatic rings. The fourth-order valence-electron chi connectivity index (χ4n) is 1.46. The summed E-state index contributed by atoms with van der Waals surface area (Å²) in [6.07, 6.45) is 0. The number of aromatic nitrogens is 1. The number of rotatable bonds is 3. The third-order valence-corrected chi connectivity index (χ3v) is 2.30. The number of benzene rings is 1. The average molecular weight is 268 g/mol. The van der Waals surface area contributed by atoms with Gasteiger partial charge in [0, 0.05) is 0 Å². The van der Waals surface area contributed by atoms with Crippen molar-refractivity contribution in [2.45, 2.75) is 6.92 Å². The minimum absolute atomic E-state index is 0.134. The Morgan fingerprint density at radius 3 is 2.89 bits per heavy atom. The van der Waals surface area contributed by atoms with E-state index in [1.807, 2.05) is 0 Å². The van der Waals surface area contributed by atoms with Crippen molar-refractivity contribution in [2.24, 2.45) is 0 Å². The van der Waals surface area contributed by atoms with Gasteiger partial charge < -0.3 is 14.9 Å². The molecule has 2 aromatic rings. The Labute approximate surface area is 107 Å². The Morgan fingerprint density at radius 1 is 1.47 bits per heavy atom. The zero-order chi connectivity index (χ0) is 14.0. The Morgan fingerprint density at radius 2 is 2.21 bits per heavy atom. The summed E-state index contributed by atoms with van der Waals surface area (Å²) in [7, 11) is 0. The van der Waals surface area contributed by atoms with Gasteiger partial charge in [-0.15, -0.1) is 0 Å². The van der Waals surface area contributed by atoms with Crippen LogP contribution < -0.4 is 5.73 Å². The average Bonchev–Trinajstić information content (AvgIpc) is 2.75. The highest BCUT2D eigenvalue weighted by atomic mass is 19.2. The van der Waals surface area contributed by atoms with Crippen molar-refractivity contribution < 1.29 is 22.7 Å². The van der Waals surface area contributed by atoms with Crippen molar-refractivity contribution >= 4 is 11.9 Å². The number of nitrogen functional groups attached to an aromatic ring is 1. The molecular formula is C12H10F2N2O3. The molecule has 100 valence electrons. The summed E-state index contributed by atoms with van der Waals surface area (Å²) in [5.74, 6) is -3.55. The van der Waals surface area contributed by atoms with E-state index in [1.54, 1.807) is 6.92 Å². The van der Waals surface area contributed by atoms with Crippen molar-refractivity contribution in [2.75, 3.05) is 12.3 Å². The zero-order valence-corrected chi connectivity index (χ0v) is 9.94. The molecule has 1 aromatic carbocycles. The molecule has 5 nitrogen and oxygen atoms in total. The lowest BCUT2D eigenvalue weighted by Gasteiger charge is -1.98. The van der Waals surface area contributed by atoms with Crippen molar-refractivity contribution in [1.82, 2.24) is 4.98 Å². The van der Waals surface area contributed by atoms with Gasteiger partial charge in [-0.1, -0.05) is 6.07 Å². The van der Waals surface area contributed by atoms with E-state index in [1.165, 1.54) is 12.1 Å². The van der Waals surface area contributed by atoms with Crippen LogP contribution in [0.1, 0.15) is 17.4 Å². The number of anilines is 1. The van der Waals surface area contributed by atoms with E-state index in [4.69, 9.17) is 14.9 Å². The van der Waals surface area contributed by atoms with Gasteiger partial charge in [-0.2, -0.15) is 4.98 Å². The molecule has 0 bridgehead atoms. The van der Waals surface area contributed by atoms with Crippen LogP contribution in [0.25, 0.3) is 11.5 Å². The van der Waals surface area contributed by atoms with E-state index < -0.39 is 17.6 Å². The van der Waals surface area contributed by atoms with E-state index >= 15 is 0 Å². The molecule has 7 heteroatoms. The van der Waals surface area contributed by atoms with Crippen LogP contribution in [0.15, 0.2) is 22.6 Å². The number of halogens is 2. The second-order valence-corrected chi connectivity index (χ2v) is 3.55. The van der Waals surface area contributed by atoms with Gasteiger partial charge in [0.2, 0.25) is 17.5 Å². The minimum atomic E-state index is -1.13. The molecule has 0 saturated heterocycles. The summed E-state index contributed by atoms with van der Waals surface area (Å²) in [5, 5.41) is 0. The topological polar surface area (TPSA) is 78.3 Å². The first-order valence-corrected chi connectivity index (χ1v) is 5.42. The monoisotopic (exact) mass is 268 g/mol. The molecule has 0 unspecified atom stereocenters. The van der Waals surface area contributed by atoms with Gasteiger partial charge in [0.1, 0.15) is 0 Å². The first-order chi connectivity index (χ1) is 9.04. The highest BCUT2D eigenvalue weighted by Crippen LogP contribution is 2.27. The van der Waals surface area contributed by atoms with Crippen LogP contribution >= 0.6 is 0 Å². The molecule has 0 atom stereocenters. The van der Waals surface area contributed by atoms with Crippen LogP contribution in [0.4, 0.5) is 14.7 Å². The Balaban J connectivity index is 2.45. The number of carbonyl (C=O) groups excluding carboxylic acids is 1. The minimum Gasteiger partial charge on any atom is -0.461 e. The van der Waals surface area contributed by atoms with E-state index in [0.29, 0.717) is 0 Å². The van der Waals surface area contributed by atoms with Gasteiger partial charge in [-0.05, 0) is 19.1 Å². The molecule has 0 spiro atoms. The number of carbonyl (C=O) groups is 1. The first-order valence-electron chi connectivity index (χ1n) is 5.42. The molecule has 19 heavy (non-hydrogen) atoms. The molecule has 0 aliphatic heterocycles. The Bertz CT molecular complexity index is 625. The highest BCUT2D eigenvalue weighted by Gasteiger charge is 2.22. The first kappa shape index (κ1) is 13.0. The van der Waals surface area contributed by atoms with Gasteiger partial charge >= 0.3 is 5.97 Å². The van der Waals surface area contributed by atoms with Crippen molar-refractivity contribution in [3.05, 3.63) is 35.5 Å². The molecule has 1 heterocycles. The summed E-state index contributed by atoms with van der Waals surface area (Å²) in [6.45, 7) is 1.75. The zero-order valence-electron chi connectivity index (χ0n) is 9.94. The van der Waals surface area contributed by atoms with Crippen LogP contribution in [0.3, 0.4) is 0 Å². The Hall–Kier alpha value is -2.44. The molecule has 0 aliphatic carbocycles. The third-order valence-electron chi connectivity index (χ3n) is 2.30. The molecule has 0 saturated carbocycles. The molecule has 2 rings (SSSR count). The van der Waals surface area contributed by atoms with Gasteiger partial charge in [-0.25, -0.2) is 13.6 Å². The van der Waals surface area contributed by atoms with Crippen molar-refractivity contribution in [3.63, 3.8) is 0 Å². The Kier molecular flexibility index (Phi) is 3.46. The molecule has 2 N–H and O–H groups in total. The molecule has 1 aromatic heterocycles. The van der Waals surface area contributed by atoms with Crippen LogP contribution in [0.5, 0.6) is 0 Å². The predicted molar refractivity (Wildman–Crippen MR) is 62.2 cm³/mol. The van der Waals surface area contributed by atoms with Crippen LogP contribution in [-0.2, 0) is 4.74 Å². The SMILES string of the molecule is CCOC(=O)c1nc(-c2cccc(F)c2F)oc1N. The lowest BCUT2D eigenvalue weighted by molar-refractivity contribution is 0.0521. The summed E-state index contributed by atoms with van der Waals surface area (Å²) in [6, 6.07) is 3.51. The number of hydrogen-bond acceptors (Lipinski definition) is 5. The molecular weight excluding hydrogens is 258 g/mol. The second-order valence-electron chi connectivity index (χ2n) is 3.55. The number of esters is 1. The van der Waals surface area contributed by atoms with Crippen LogP contribution in [-0.4, -0.2) is 17.6 Å². The number of ether oxygens (including phenoxy) is 1. The summed E-state index contributed by atoms with van der Waals surface area (Å²) in [4.78, 5) is 15.2. The van der Waals surface area contributed by atoms with Crippen LogP contribution in [0.2, 0.25) is 0 Å². The summed E-state index contributed by atoms with van der Waals surface area (Å²) in [5.41, 5.74) is 4.97. The lowest BCUT2D eigenvalue weighted by Crippen LogP contribution is -2.07. The van der Waals surface area contributed by atoms with Crippen LogP contribution in [0, 0.1) is 11.6 Å². The largest absolute Gasteiger partial charge is 0.461 e. The van der Waals surface area contributed by atoms with Gasteiger partial charge in [0.05, 0.1) is 12.2 Å². The molecule has 0 amide bonds. The maximum absolute atomic E-state index is 13.5. The lowest BCUT2D eigenvalue weighted by atomic mass is 10.2. The van der Waals surface area contributed by atoms with E-state index in [0.717, 1.165) is 6.07 Å². The molecule has 0 radical (unpaired) electrons. The van der Waals surface area contributed by atoms with Gasteiger partial charge in [0.15, 0.2) is 11.6 Å². The molecule has 0 fully saturated rings. The fraction of sp³-hybridized carbons (Fsp3) is 0.167. The van der Waals surface area contributed by atoms with Gasteiger partial charge in [0.25, 0.3) is 0 Å².